The quantitative estimate of drug-likeness (QED) is 0.452. The second-order valence-corrected chi connectivity index (χ2v) is 1.88. The molecule has 0 aromatic rings. The summed E-state index contributed by atoms with van der Waals surface area (Å²) < 4.78 is 0. The molecule has 1 saturated carbocycles. The summed E-state index contributed by atoms with van der Waals surface area (Å²) in [5, 5.41) is 0.810. The minimum atomic E-state index is 0.103. The van der Waals surface area contributed by atoms with Gasteiger partial charge in [-0.15, -0.1) is 11.6 Å². The zero-order chi connectivity index (χ0) is 4.57. The van der Waals surface area contributed by atoms with Gasteiger partial charge in [0.1, 0.15) is 6.29 Å². The fourth-order valence-electron chi connectivity index (χ4n) is 0.273. The van der Waals surface area contributed by atoms with Crippen molar-refractivity contribution in [3.8, 4) is 0 Å². The molecule has 0 aromatic heterocycles. The van der Waals surface area contributed by atoms with Gasteiger partial charge in [0.05, 0.1) is 5.38 Å². The van der Waals surface area contributed by atoms with Gasteiger partial charge in [-0.05, 0) is 6.42 Å². The minimum Gasteiger partial charge on any atom is -0.303 e. The summed E-state index contributed by atoms with van der Waals surface area (Å²) >= 11 is 5.34. The van der Waals surface area contributed by atoms with Crippen LogP contribution in [0.2, 0.25) is 0 Å². The van der Waals surface area contributed by atoms with E-state index in [0.29, 0.717) is 0 Å². The van der Waals surface area contributed by atoms with Crippen LogP contribution in [-0.2, 0) is 4.79 Å². The first-order valence-electron chi connectivity index (χ1n) is 1.81. The molecule has 1 fully saturated rings. The van der Waals surface area contributed by atoms with E-state index in [2.05, 4.69) is 0 Å². The number of aldehydes is 1. The lowest BCUT2D eigenvalue weighted by Gasteiger charge is -1.64. The van der Waals surface area contributed by atoms with Gasteiger partial charge in [-0.25, -0.2) is 0 Å². The van der Waals surface area contributed by atoms with Crippen LogP contribution in [0.4, 0.5) is 0 Å². The average molecular weight is 104 g/mol. The fraction of sp³-hybridized carbons (Fsp3) is 0.500. The van der Waals surface area contributed by atoms with Crippen molar-refractivity contribution < 1.29 is 4.79 Å². The number of rotatable bonds is 1. The van der Waals surface area contributed by atoms with Gasteiger partial charge in [-0.3, -0.25) is 0 Å². The Balaban J connectivity index is 2.25. The molecule has 1 atom stereocenters. The maximum atomic E-state index is 9.67. The van der Waals surface area contributed by atoms with Crippen molar-refractivity contribution in [2.75, 3.05) is 0 Å². The lowest BCUT2D eigenvalue weighted by Crippen LogP contribution is -1.70. The first-order chi connectivity index (χ1) is 2.84. The Morgan fingerprint density at radius 2 is 2.50 bits per heavy atom. The highest BCUT2D eigenvalue weighted by atomic mass is 35.5. The van der Waals surface area contributed by atoms with Crippen molar-refractivity contribution in [1.82, 2.24) is 0 Å². The van der Waals surface area contributed by atoms with E-state index in [1.807, 2.05) is 0 Å². The van der Waals surface area contributed by atoms with Crippen LogP contribution in [0.25, 0.3) is 0 Å². The van der Waals surface area contributed by atoms with Crippen LogP contribution in [0, 0.1) is 11.3 Å². The number of carbonyl (C=O) groups is 1. The summed E-state index contributed by atoms with van der Waals surface area (Å²) in [5.74, 6) is 0.103. The molecule has 1 rings (SSSR count). The molecule has 1 aliphatic rings. The molecule has 1 unspecified atom stereocenters. The van der Waals surface area contributed by atoms with Crippen molar-refractivity contribution in [1.29, 1.82) is 0 Å². The smallest absolute Gasteiger partial charge is 0.124 e. The van der Waals surface area contributed by atoms with Gasteiger partial charge in [0.2, 0.25) is 0 Å². The summed E-state index contributed by atoms with van der Waals surface area (Å²) in [7, 11) is 0. The Morgan fingerprint density at radius 1 is 2.00 bits per heavy atom. The van der Waals surface area contributed by atoms with Crippen molar-refractivity contribution in [2.45, 2.75) is 6.42 Å². The molecule has 0 N–H and O–H groups in total. The van der Waals surface area contributed by atoms with E-state index in [0.717, 1.165) is 18.1 Å². The topological polar surface area (TPSA) is 17.1 Å². The van der Waals surface area contributed by atoms with E-state index >= 15 is 0 Å². The third-order valence-electron chi connectivity index (χ3n) is 0.821. The van der Waals surface area contributed by atoms with E-state index < -0.39 is 0 Å². The molecule has 1 aliphatic carbocycles. The minimum absolute atomic E-state index is 0.103. The maximum Gasteiger partial charge on any atom is 0.124 e. The Hall–Kier alpha value is -0.0400. The van der Waals surface area contributed by atoms with Gasteiger partial charge >= 0.3 is 0 Å². The van der Waals surface area contributed by atoms with Crippen LogP contribution in [-0.4, -0.2) is 6.29 Å². The molecule has 1 radical (unpaired) electrons. The first kappa shape index (κ1) is 4.13. The van der Waals surface area contributed by atoms with Gasteiger partial charge in [0.15, 0.2) is 0 Å². The van der Waals surface area contributed by atoms with Crippen LogP contribution in [0.5, 0.6) is 0 Å². The van der Waals surface area contributed by atoms with Crippen LogP contribution < -0.4 is 0 Å². The molecule has 0 aromatic carbocycles. The molecule has 0 amide bonds. The van der Waals surface area contributed by atoms with Crippen LogP contribution in [0.3, 0.4) is 0 Å². The lowest BCUT2D eigenvalue weighted by molar-refractivity contribution is -0.108. The molecular weight excluding hydrogens is 99.5 g/mol. The SMILES string of the molecule is O=CC1C[C]1Cl. The van der Waals surface area contributed by atoms with Crippen LogP contribution in [0.1, 0.15) is 6.42 Å². The fourth-order valence-corrected chi connectivity index (χ4v) is 0.491. The zero-order valence-electron chi connectivity index (χ0n) is 3.15. The monoisotopic (exact) mass is 103 g/mol. The summed E-state index contributed by atoms with van der Waals surface area (Å²) in [4.78, 5) is 9.67. The summed E-state index contributed by atoms with van der Waals surface area (Å²) in [6, 6.07) is 0. The number of hydrogen-bond donors (Lipinski definition) is 0. The second kappa shape index (κ2) is 1.23. The molecular formula is C4H4ClO. The van der Waals surface area contributed by atoms with E-state index in [9.17, 15) is 4.79 Å². The van der Waals surface area contributed by atoms with Crippen molar-refractivity contribution in [2.24, 2.45) is 5.92 Å². The molecule has 0 spiro atoms. The summed E-state index contributed by atoms with van der Waals surface area (Å²) in [5.41, 5.74) is 0. The van der Waals surface area contributed by atoms with Gasteiger partial charge in [0, 0.05) is 5.92 Å². The molecule has 0 aliphatic heterocycles. The first-order valence-corrected chi connectivity index (χ1v) is 2.19. The van der Waals surface area contributed by atoms with Gasteiger partial charge in [-0.2, -0.15) is 0 Å². The summed E-state index contributed by atoms with van der Waals surface area (Å²) in [6.45, 7) is 0. The van der Waals surface area contributed by atoms with Gasteiger partial charge in [0.25, 0.3) is 0 Å². The predicted molar refractivity (Wildman–Crippen MR) is 23.3 cm³/mol. The highest BCUT2D eigenvalue weighted by Gasteiger charge is 2.35. The lowest BCUT2D eigenvalue weighted by atomic mass is 10.5. The molecule has 6 heavy (non-hydrogen) atoms. The predicted octanol–water partition coefficient (Wildman–Crippen LogP) is 0.976. The van der Waals surface area contributed by atoms with Gasteiger partial charge < -0.3 is 4.79 Å². The Kier molecular flexibility index (Phi) is 0.845. The van der Waals surface area contributed by atoms with E-state index in [1.54, 1.807) is 0 Å². The Labute approximate surface area is 41.3 Å². The standard InChI is InChI=1S/C4H4ClO/c5-4-1-3(4)2-6/h2-3H,1H2. The van der Waals surface area contributed by atoms with E-state index in [-0.39, 0.29) is 5.92 Å². The molecule has 1 nitrogen and oxygen atoms in total. The maximum absolute atomic E-state index is 9.67. The zero-order valence-corrected chi connectivity index (χ0v) is 3.90. The third-order valence-corrected chi connectivity index (χ3v) is 1.26. The highest BCUT2D eigenvalue weighted by Crippen LogP contribution is 2.42. The summed E-state index contributed by atoms with van der Waals surface area (Å²) in [6.07, 6.45) is 1.69. The number of hydrogen-bond acceptors (Lipinski definition) is 1. The number of halogens is 1. The molecule has 33 valence electrons. The van der Waals surface area contributed by atoms with E-state index in [4.69, 9.17) is 11.6 Å². The Bertz CT molecular complexity index is 71.9. The normalized spacial score (nSPS) is 33.2. The Morgan fingerprint density at radius 3 is 2.50 bits per heavy atom. The van der Waals surface area contributed by atoms with Crippen molar-refractivity contribution in [3.63, 3.8) is 0 Å². The molecule has 2 heteroatoms. The van der Waals surface area contributed by atoms with Gasteiger partial charge in [-0.1, -0.05) is 0 Å². The van der Waals surface area contributed by atoms with Crippen molar-refractivity contribution >= 4 is 17.9 Å². The van der Waals surface area contributed by atoms with E-state index in [1.165, 1.54) is 0 Å². The average Bonchev–Trinajstić information content (AvgIpc) is 2.19. The van der Waals surface area contributed by atoms with Crippen molar-refractivity contribution in [3.05, 3.63) is 5.38 Å². The van der Waals surface area contributed by atoms with Crippen LogP contribution >= 0.6 is 11.6 Å². The largest absolute Gasteiger partial charge is 0.303 e. The molecule has 0 bridgehead atoms. The molecule has 0 saturated heterocycles. The number of carbonyl (C=O) groups excluding carboxylic acids is 1. The second-order valence-electron chi connectivity index (χ2n) is 1.39. The van der Waals surface area contributed by atoms with Crippen LogP contribution in [0.15, 0.2) is 0 Å². The highest BCUT2D eigenvalue weighted by molar-refractivity contribution is 6.30. The molecule has 0 heterocycles. The third kappa shape index (κ3) is 0.548.